The molecule has 0 spiro atoms. The number of carbonyl (C=O) groups is 2. The van der Waals surface area contributed by atoms with Crippen molar-refractivity contribution in [1.29, 1.82) is 0 Å². The standard InChI is InChI=1S/C24H32N2O7S/c1-16-6-7-20(13-23(16)34(29,30)25-8-10-32-11-9-25)24(28)33-15-22(27)21-12-17(2)26(19(21)4)18(3)14-31-5/h6-7,12-13,18H,8-11,14-15H2,1-5H3. The predicted octanol–water partition coefficient (Wildman–Crippen LogP) is 2.68. The second-order valence-electron chi connectivity index (χ2n) is 8.46. The lowest BCUT2D eigenvalue weighted by Crippen LogP contribution is -2.40. The molecule has 1 atom stereocenters. The monoisotopic (exact) mass is 492 g/mol. The Labute approximate surface area is 200 Å². The molecule has 1 fully saturated rings. The maximum atomic E-state index is 13.1. The first-order chi connectivity index (χ1) is 16.1. The van der Waals surface area contributed by atoms with Crippen LogP contribution in [0.4, 0.5) is 0 Å². The van der Waals surface area contributed by atoms with E-state index in [2.05, 4.69) is 0 Å². The Bertz CT molecular complexity index is 1160. The molecule has 2 heterocycles. The van der Waals surface area contributed by atoms with Gasteiger partial charge in [0.25, 0.3) is 0 Å². The number of nitrogens with zero attached hydrogens (tertiary/aromatic N) is 2. The molecule has 0 aliphatic carbocycles. The van der Waals surface area contributed by atoms with Crippen LogP contribution in [0.3, 0.4) is 0 Å². The summed E-state index contributed by atoms with van der Waals surface area (Å²) in [5, 5.41) is 0. The van der Waals surface area contributed by atoms with Crippen molar-refractivity contribution >= 4 is 21.8 Å². The van der Waals surface area contributed by atoms with Gasteiger partial charge in [0.2, 0.25) is 15.8 Å². The lowest BCUT2D eigenvalue weighted by atomic mass is 10.1. The van der Waals surface area contributed by atoms with Gasteiger partial charge in [-0.2, -0.15) is 4.31 Å². The van der Waals surface area contributed by atoms with E-state index in [-0.39, 0.29) is 35.4 Å². The Morgan fingerprint density at radius 3 is 2.44 bits per heavy atom. The van der Waals surface area contributed by atoms with Crippen molar-refractivity contribution in [1.82, 2.24) is 8.87 Å². The van der Waals surface area contributed by atoms with Crippen molar-refractivity contribution in [2.24, 2.45) is 0 Å². The molecule has 10 heteroatoms. The number of Topliss-reactive ketones (excluding diaryl/α,β-unsaturated/α-hetero) is 1. The molecule has 0 amide bonds. The quantitative estimate of drug-likeness (QED) is 0.392. The van der Waals surface area contributed by atoms with Gasteiger partial charge in [-0.15, -0.1) is 0 Å². The van der Waals surface area contributed by atoms with Crippen LogP contribution >= 0.6 is 0 Å². The minimum Gasteiger partial charge on any atom is -0.454 e. The summed E-state index contributed by atoms with van der Waals surface area (Å²) in [7, 11) is -2.15. The van der Waals surface area contributed by atoms with E-state index >= 15 is 0 Å². The van der Waals surface area contributed by atoms with E-state index in [1.165, 1.54) is 16.4 Å². The largest absolute Gasteiger partial charge is 0.454 e. The van der Waals surface area contributed by atoms with Crippen molar-refractivity contribution < 1.29 is 32.2 Å². The summed E-state index contributed by atoms with van der Waals surface area (Å²) in [6, 6.07) is 6.20. The molecule has 1 unspecified atom stereocenters. The molecule has 1 aliphatic rings. The smallest absolute Gasteiger partial charge is 0.338 e. The molecule has 0 radical (unpaired) electrons. The molecule has 1 saturated heterocycles. The van der Waals surface area contributed by atoms with Crippen LogP contribution in [0.1, 0.15) is 50.6 Å². The summed E-state index contributed by atoms with van der Waals surface area (Å²) in [5.74, 6) is -1.08. The van der Waals surface area contributed by atoms with Gasteiger partial charge in [0.05, 0.1) is 36.3 Å². The van der Waals surface area contributed by atoms with Crippen LogP contribution in [-0.2, 0) is 24.2 Å². The number of rotatable bonds is 9. The molecule has 0 N–H and O–H groups in total. The average Bonchev–Trinajstić information content (AvgIpc) is 3.12. The van der Waals surface area contributed by atoms with Gasteiger partial charge in [-0.05, 0) is 51.5 Å². The van der Waals surface area contributed by atoms with Gasteiger partial charge in [0.15, 0.2) is 6.61 Å². The first-order valence-electron chi connectivity index (χ1n) is 11.1. The third-order valence-electron chi connectivity index (χ3n) is 5.98. The Hall–Kier alpha value is -2.53. The van der Waals surface area contributed by atoms with Crippen LogP contribution in [0.5, 0.6) is 0 Å². The molecule has 0 bridgehead atoms. The zero-order valence-electron chi connectivity index (χ0n) is 20.3. The fourth-order valence-corrected chi connectivity index (χ4v) is 5.94. The first-order valence-corrected chi connectivity index (χ1v) is 12.6. The third-order valence-corrected chi connectivity index (χ3v) is 8.02. The number of carbonyl (C=O) groups excluding carboxylic acids is 2. The Morgan fingerprint density at radius 2 is 1.79 bits per heavy atom. The lowest BCUT2D eigenvalue weighted by molar-refractivity contribution is 0.0474. The molecule has 9 nitrogen and oxygen atoms in total. The lowest BCUT2D eigenvalue weighted by Gasteiger charge is -2.26. The van der Waals surface area contributed by atoms with E-state index in [0.717, 1.165) is 11.4 Å². The number of hydrogen-bond donors (Lipinski definition) is 0. The second-order valence-corrected chi connectivity index (χ2v) is 10.4. The highest BCUT2D eigenvalue weighted by Crippen LogP contribution is 2.24. The van der Waals surface area contributed by atoms with Gasteiger partial charge in [0, 0.05) is 37.2 Å². The van der Waals surface area contributed by atoms with E-state index in [9.17, 15) is 18.0 Å². The van der Waals surface area contributed by atoms with Crippen molar-refractivity contribution in [3.05, 3.63) is 52.3 Å². The molecule has 2 aromatic rings. The van der Waals surface area contributed by atoms with Crippen LogP contribution in [-0.4, -0.2) is 75.7 Å². The van der Waals surface area contributed by atoms with Crippen molar-refractivity contribution in [2.75, 3.05) is 46.6 Å². The Kier molecular flexibility index (Phi) is 8.29. The molecule has 34 heavy (non-hydrogen) atoms. The highest BCUT2D eigenvalue weighted by atomic mass is 32.2. The van der Waals surface area contributed by atoms with Gasteiger partial charge < -0.3 is 18.8 Å². The minimum atomic E-state index is -3.78. The fraction of sp³-hybridized carbons (Fsp3) is 0.500. The van der Waals surface area contributed by atoms with Crippen LogP contribution in [0.2, 0.25) is 0 Å². The summed E-state index contributed by atoms with van der Waals surface area (Å²) in [5.41, 5.74) is 2.76. The topological polar surface area (TPSA) is 104 Å². The number of esters is 1. The second kappa shape index (κ2) is 10.8. The van der Waals surface area contributed by atoms with Crippen LogP contribution in [0, 0.1) is 20.8 Å². The maximum Gasteiger partial charge on any atom is 0.338 e. The number of hydrogen-bond acceptors (Lipinski definition) is 7. The maximum absolute atomic E-state index is 13.1. The molecule has 3 rings (SSSR count). The number of methoxy groups -OCH3 is 1. The van der Waals surface area contributed by atoms with Gasteiger partial charge in [0.1, 0.15) is 0 Å². The van der Waals surface area contributed by atoms with E-state index in [4.69, 9.17) is 14.2 Å². The number of ketones is 1. The molecular weight excluding hydrogens is 460 g/mol. The number of morpholine rings is 1. The molecule has 1 aliphatic heterocycles. The average molecular weight is 493 g/mol. The van der Waals surface area contributed by atoms with E-state index in [1.54, 1.807) is 26.2 Å². The van der Waals surface area contributed by atoms with Gasteiger partial charge in [-0.3, -0.25) is 4.79 Å². The third kappa shape index (κ3) is 5.41. The molecule has 1 aromatic carbocycles. The van der Waals surface area contributed by atoms with E-state index in [0.29, 0.717) is 30.9 Å². The zero-order valence-corrected chi connectivity index (χ0v) is 21.1. The Balaban J connectivity index is 1.74. The minimum absolute atomic E-state index is 0.0471. The Morgan fingerprint density at radius 1 is 1.12 bits per heavy atom. The highest BCUT2D eigenvalue weighted by Gasteiger charge is 2.29. The van der Waals surface area contributed by atoms with Crippen molar-refractivity contribution in [3.8, 4) is 0 Å². The van der Waals surface area contributed by atoms with Crippen LogP contribution in [0.15, 0.2) is 29.2 Å². The van der Waals surface area contributed by atoms with E-state index < -0.39 is 22.6 Å². The molecule has 186 valence electrons. The van der Waals surface area contributed by atoms with Crippen LogP contribution < -0.4 is 0 Å². The summed E-state index contributed by atoms with van der Waals surface area (Å²) >= 11 is 0. The number of sulfonamides is 1. The van der Waals surface area contributed by atoms with Crippen LogP contribution in [0.25, 0.3) is 0 Å². The molecule has 0 saturated carbocycles. The predicted molar refractivity (Wildman–Crippen MR) is 126 cm³/mol. The van der Waals surface area contributed by atoms with Gasteiger partial charge in [-0.1, -0.05) is 6.07 Å². The highest BCUT2D eigenvalue weighted by molar-refractivity contribution is 7.89. The van der Waals surface area contributed by atoms with E-state index in [1.807, 2.05) is 25.3 Å². The molecule has 1 aromatic heterocycles. The summed E-state index contributed by atoms with van der Waals surface area (Å²) in [4.78, 5) is 25.5. The number of benzene rings is 1. The van der Waals surface area contributed by atoms with Crippen molar-refractivity contribution in [3.63, 3.8) is 0 Å². The van der Waals surface area contributed by atoms with Crippen molar-refractivity contribution in [2.45, 2.75) is 38.6 Å². The molecular formula is C24H32N2O7S. The summed E-state index contributed by atoms with van der Waals surface area (Å²) in [6.07, 6.45) is 0. The summed E-state index contributed by atoms with van der Waals surface area (Å²) in [6.45, 7) is 8.65. The SMILES string of the molecule is COCC(C)n1c(C)cc(C(=O)COC(=O)c2ccc(C)c(S(=O)(=O)N3CCOCC3)c2)c1C. The normalized spacial score (nSPS) is 15.8. The zero-order chi connectivity index (χ0) is 25.0. The first kappa shape index (κ1) is 26.1. The number of ether oxygens (including phenoxy) is 3. The van der Waals surface area contributed by atoms with Gasteiger partial charge >= 0.3 is 5.97 Å². The number of aromatic nitrogens is 1. The van der Waals surface area contributed by atoms with Gasteiger partial charge in [-0.25, -0.2) is 13.2 Å². The fourth-order valence-electron chi connectivity index (χ4n) is 4.28. The number of aryl methyl sites for hydroxylation is 2. The summed E-state index contributed by atoms with van der Waals surface area (Å²) < 4.78 is 45.2.